The van der Waals surface area contributed by atoms with Gasteiger partial charge in [0, 0.05) is 12.6 Å². The SMILES string of the molecule is CCOC(=O)NC(=O)CN(CC)c1ccccc1[N+](=O)[O-]. The van der Waals surface area contributed by atoms with Gasteiger partial charge in [0.1, 0.15) is 5.69 Å². The van der Waals surface area contributed by atoms with Crippen molar-refractivity contribution >= 4 is 23.4 Å². The van der Waals surface area contributed by atoms with Gasteiger partial charge in [0.05, 0.1) is 18.1 Å². The van der Waals surface area contributed by atoms with Crippen molar-refractivity contribution < 1.29 is 19.2 Å². The Morgan fingerprint density at radius 1 is 1.33 bits per heavy atom. The number of alkyl carbamates (subject to hydrolysis) is 1. The maximum absolute atomic E-state index is 11.7. The van der Waals surface area contributed by atoms with Crippen LogP contribution in [0.15, 0.2) is 24.3 Å². The van der Waals surface area contributed by atoms with Crippen molar-refractivity contribution in [3.63, 3.8) is 0 Å². The van der Waals surface area contributed by atoms with E-state index in [2.05, 4.69) is 10.1 Å². The zero-order chi connectivity index (χ0) is 15.8. The molecule has 114 valence electrons. The molecule has 2 amide bonds. The average molecular weight is 295 g/mol. The van der Waals surface area contributed by atoms with Crippen LogP contribution in [0.1, 0.15) is 13.8 Å². The van der Waals surface area contributed by atoms with Crippen molar-refractivity contribution in [1.29, 1.82) is 0 Å². The molecular weight excluding hydrogens is 278 g/mol. The quantitative estimate of drug-likeness (QED) is 0.633. The van der Waals surface area contributed by atoms with Crippen LogP contribution >= 0.6 is 0 Å². The van der Waals surface area contributed by atoms with Crippen molar-refractivity contribution in [1.82, 2.24) is 5.32 Å². The molecule has 0 radical (unpaired) electrons. The molecule has 8 nitrogen and oxygen atoms in total. The number of carbonyl (C=O) groups is 2. The number of likely N-dealkylation sites (N-methyl/N-ethyl adjacent to an activating group) is 1. The average Bonchev–Trinajstić information content (AvgIpc) is 2.44. The predicted molar refractivity (Wildman–Crippen MR) is 76.1 cm³/mol. The van der Waals surface area contributed by atoms with E-state index < -0.39 is 16.9 Å². The third kappa shape index (κ3) is 4.75. The molecule has 0 spiro atoms. The van der Waals surface area contributed by atoms with E-state index in [0.29, 0.717) is 12.2 Å². The second-order valence-corrected chi connectivity index (χ2v) is 4.03. The van der Waals surface area contributed by atoms with Gasteiger partial charge in [-0.3, -0.25) is 20.2 Å². The minimum absolute atomic E-state index is 0.0942. The van der Waals surface area contributed by atoms with Gasteiger partial charge in [-0.25, -0.2) is 4.79 Å². The van der Waals surface area contributed by atoms with Crippen LogP contribution in [0.25, 0.3) is 0 Å². The molecule has 0 atom stereocenters. The van der Waals surface area contributed by atoms with Gasteiger partial charge in [-0.15, -0.1) is 0 Å². The number of hydrogen-bond donors (Lipinski definition) is 1. The molecule has 1 aromatic rings. The van der Waals surface area contributed by atoms with E-state index in [1.54, 1.807) is 32.0 Å². The molecule has 1 N–H and O–H groups in total. The largest absolute Gasteiger partial charge is 0.450 e. The first-order valence-corrected chi connectivity index (χ1v) is 6.44. The number of benzene rings is 1. The molecule has 0 bridgehead atoms. The molecule has 0 aliphatic rings. The highest BCUT2D eigenvalue weighted by Crippen LogP contribution is 2.27. The summed E-state index contributed by atoms with van der Waals surface area (Å²) in [4.78, 5) is 34.9. The number of hydrogen-bond acceptors (Lipinski definition) is 6. The summed E-state index contributed by atoms with van der Waals surface area (Å²) in [6.07, 6.45) is -0.832. The van der Waals surface area contributed by atoms with Gasteiger partial charge in [-0.2, -0.15) is 0 Å². The maximum atomic E-state index is 11.7. The molecular formula is C13H17N3O5. The normalized spacial score (nSPS) is 9.81. The second-order valence-electron chi connectivity index (χ2n) is 4.03. The first-order valence-electron chi connectivity index (χ1n) is 6.44. The van der Waals surface area contributed by atoms with Gasteiger partial charge in [0.2, 0.25) is 5.91 Å². The summed E-state index contributed by atoms with van der Waals surface area (Å²) < 4.78 is 4.60. The van der Waals surface area contributed by atoms with Crippen molar-refractivity contribution in [2.45, 2.75) is 13.8 Å². The lowest BCUT2D eigenvalue weighted by molar-refractivity contribution is -0.384. The number of nitrogens with one attached hydrogen (secondary N) is 1. The molecule has 0 saturated carbocycles. The van der Waals surface area contributed by atoms with Crippen LogP contribution in [-0.2, 0) is 9.53 Å². The van der Waals surface area contributed by atoms with E-state index in [4.69, 9.17) is 0 Å². The van der Waals surface area contributed by atoms with Gasteiger partial charge in [-0.05, 0) is 19.9 Å². The summed E-state index contributed by atoms with van der Waals surface area (Å²) in [7, 11) is 0. The van der Waals surface area contributed by atoms with Gasteiger partial charge in [-0.1, -0.05) is 12.1 Å². The van der Waals surface area contributed by atoms with Gasteiger partial charge < -0.3 is 9.64 Å². The van der Waals surface area contributed by atoms with Crippen LogP contribution in [0.5, 0.6) is 0 Å². The van der Waals surface area contributed by atoms with E-state index in [1.165, 1.54) is 11.0 Å². The lowest BCUT2D eigenvalue weighted by atomic mass is 10.2. The molecule has 0 unspecified atom stereocenters. The van der Waals surface area contributed by atoms with Crippen molar-refractivity contribution in [2.24, 2.45) is 0 Å². The number of rotatable bonds is 6. The molecule has 0 saturated heterocycles. The topological polar surface area (TPSA) is 102 Å². The first kappa shape index (κ1) is 16.4. The van der Waals surface area contributed by atoms with Crippen LogP contribution in [0, 0.1) is 10.1 Å². The Kier molecular flexibility index (Phi) is 6.12. The van der Waals surface area contributed by atoms with Crippen molar-refractivity contribution in [3.8, 4) is 0 Å². The first-order chi connectivity index (χ1) is 9.99. The highest BCUT2D eigenvalue weighted by molar-refractivity contribution is 5.94. The molecule has 1 rings (SSSR count). The minimum atomic E-state index is -0.832. The number of amides is 2. The second kappa shape index (κ2) is 7.83. The number of imide groups is 1. The van der Waals surface area contributed by atoms with Crippen LogP contribution in [0.3, 0.4) is 0 Å². The Bertz CT molecular complexity index is 532. The standard InChI is InChI=1S/C13H17N3O5/c1-3-15(9-12(17)14-13(18)21-4-2)10-7-5-6-8-11(10)16(19)20/h5-8H,3-4,9H2,1-2H3,(H,14,17,18). The van der Waals surface area contributed by atoms with E-state index in [9.17, 15) is 19.7 Å². The van der Waals surface area contributed by atoms with E-state index in [0.717, 1.165) is 0 Å². The number of nitro benzene ring substituents is 1. The van der Waals surface area contributed by atoms with Crippen LogP contribution in [0.4, 0.5) is 16.2 Å². The highest BCUT2D eigenvalue weighted by Gasteiger charge is 2.20. The lowest BCUT2D eigenvalue weighted by Gasteiger charge is -2.21. The monoisotopic (exact) mass is 295 g/mol. The number of nitrogens with zero attached hydrogens (tertiary/aromatic N) is 2. The Labute approximate surface area is 121 Å². The predicted octanol–water partition coefficient (Wildman–Crippen LogP) is 1.69. The molecule has 0 aliphatic heterocycles. The summed E-state index contributed by atoms with van der Waals surface area (Å²) in [5.41, 5.74) is 0.229. The molecule has 1 aromatic carbocycles. The maximum Gasteiger partial charge on any atom is 0.413 e. The van der Waals surface area contributed by atoms with Gasteiger partial charge in [0.25, 0.3) is 5.69 Å². The molecule has 21 heavy (non-hydrogen) atoms. The Morgan fingerprint density at radius 3 is 2.57 bits per heavy atom. The zero-order valence-corrected chi connectivity index (χ0v) is 11.9. The molecule has 0 aliphatic carbocycles. The van der Waals surface area contributed by atoms with Gasteiger partial charge in [0.15, 0.2) is 0 Å². The fraction of sp³-hybridized carbons (Fsp3) is 0.385. The number of anilines is 1. The van der Waals surface area contributed by atoms with Crippen molar-refractivity contribution in [2.75, 3.05) is 24.6 Å². The Balaban J connectivity index is 2.82. The van der Waals surface area contributed by atoms with E-state index in [1.807, 2.05) is 0 Å². The summed E-state index contributed by atoms with van der Waals surface area (Å²) in [5.74, 6) is -0.589. The fourth-order valence-electron chi connectivity index (χ4n) is 1.75. The minimum Gasteiger partial charge on any atom is -0.450 e. The van der Waals surface area contributed by atoms with Gasteiger partial charge >= 0.3 is 6.09 Å². The zero-order valence-electron chi connectivity index (χ0n) is 11.9. The van der Waals surface area contributed by atoms with E-state index in [-0.39, 0.29) is 18.8 Å². The van der Waals surface area contributed by atoms with Crippen LogP contribution in [-0.4, -0.2) is 36.6 Å². The summed E-state index contributed by atoms with van der Waals surface area (Å²) in [6.45, 7) is 3.73. The molecule has 0 fully saturated rings. The number of ether oxygens (including phenoxy) is 1. The third-order valence-corrected chi connectivity index (χ3v) is 2.65. The van der Waals surface area contributed by atoms with Crippen LogP contribution < -0.4 is 10.2 Å². The lowest BCUT2D eigenvalue weighted by Crippen LogP contribution is -2.40. The summed E-state index contributed by atoms with van der Waals surface area (Å²) in [5, 5.41) is 13.0. The summed E-state index contributed by atoms with van der Waals surface area (Å²) in [6, 6.07) is 6.11. The third-order valence-electron chi connectivity index (χ3n) is 2.65. The number of carbonyl (C=O) groups excluding carboxylic acids is 2. The Hall–Kier alpha value is -2.64. The molecule has 0 aromatic heterocycles. The highest BCUT2D eigenvalue weighted by atomic mass is 16.6. The van der Waals surface area contributed by atoms with E-state index >= 15 is 0 Å². The Morgan fingerprint density at radius 2 is 2.00 bits per heavy atom. The number of nitro groups is 1. The van der Waals surface area contributed by atoms with Crippen molar-refractivity contribution in [3.05, 3.63) is 34.4 Å². The fourth-order valence-corrected chi connectivity index (χ4v) is 1.75. The summed E-state index contributed by atoms with van der Waals surface area (Å²) >= 11 is 0. The smallest absolute Gasteiger partial charge is 0.413 e. The molecule has 8 heteroatoms. The van der Waals surface area contributed by atoms with Crippen LogP contribution in [0.2, 0.25) is 0 Å². The number of para-hydroxylation sites is 2. The molecule has 0 heterocycles.